The van der Waals surface area contributed by atoms with Gasteiger partial charge in [0.05, 0.1) is 0 Å². The zero-order valence-electron chi connectivity index (χ0n) is 13.7. The first-order valence-corrected chi connectivity index (χ1v) is 8.29. The molecule has 0 unspecified atom stereocenters. The highest BCUT2D eigenvalue weighted by Gasteiger charge is 2.29. The third-order valence-corrected chi connectivity index (χ3v) is 4.94. The van der Waals surface area contributed by atoms with Crippen LogP contribution < -0.4 is 4.90 Å². The third-order valence-electron chi connectivity index (χ3n) is 4.94. The van der Waals surface area contributed by atoms with Crippen LogP contribution in [0.1, 0.15) is 18.4 Å². The van der Waals surface area contributed by atoms with Gasteiger partial charge in [-0.15, -0.1) is 0 Å². The average molecular weight is 302 g/mol. The highest BCUT2D eigenvalue weighted by molar-refractivity contribution is 5.79. The first kappa shape index (κ1) is 15.3. The summed E-state index contributed by atoms with van der Waals surface area (Å²) in [6.07, 6.45) is 3.86. The minimum absolute atomic E-state index is 0.235. The van der Waals surface area contributed by atoms with Crippen molar-refractivity contribution in [2.45, 2.75) is 19.8 Å². The lowest BCUT2D eigenvalue weighted by Crippen LogP contribution is -2.51. The molecule has 5 nitrogen and oxygen atoms in total. The molecule has 1 amide bonds. The number of rotatable bonds is 2. The first-order chi connectivity index (χ1) is 10.6. The molecule has 0 aromatic carbocycles. The fourth-order valence-corrected chi connectivity index (χ4v) is 3.46. The van der Waals surface area contributed by atoms with Gasteiger partial charge in [0.15, 0.2) is 0 Å². The van der Waals surface area contributed by atoms with Crippen LogP contribution in [-0.2, 0) is 4.79 Å². The third kappa shape index (κ3) is 3.24. The van der Waals surface area contributed by atoms with E-state index in [0.717, 1.165) is 57.9 Å². The lowest BCUT2D eigenvalue weighted by atomic mass is 9.95. The van der Waals surface area contributed by atoms with E-state index in [-0.39, 0.29) is 5.92 Å². The summed E-state index contributed by atoms with van der Waals surface area (Å²) in [5, 5.41) is 0. The lowest BCUT2D eigenvalue weighted by molar-refractivity contribution is -0.137. The monoisotopic (exact) mass is 302 g/mol. The number of anilines is 1. The molecular weight excluding hydrogens is 276 g/mol. The Bertz CT molecular complexity index is 517. The van der Waals surface area contributed by atoms with Crippen molar-refractivity contribution in [3.8, 4) is 0 Å². The second kappa shape index (κ2) is 6.65. The van der Waals surface area contributed by atoms with E-state index in [1.807, 2.05) is 12.3 Å². The molecule has 1 aromatic heterocycles. The molecule has 0 atom stereocenters. The summed E-state index contributed by atoms with van der Waals surface area (Å²) in [4.78, 5) is 23.8. The Morgan fingerprint density at radius 2 is 1.82 bits per heavy atom. The maximum Gasteiger partial charge on any atom is 0.225 e. The molecule has 3 rings (SSSR count). The Kier molecular flexibility index (Phi) is 4.62. The molecule has 2 aliphatic rings. The lowest BCUT2D eigenvalue weighted by Gasteiger charge is -2.38. The zero-order chi connectivity index (χ0) is 15.5. The predicted octanol–water partition coefficient (Wildman–Crippen LogP) is 1.38. The quantitative estimate of drug-likeness (QED) is 0.827. The van der Waals surface area contributed by atoms with Crippen LogP contribution in [0.15, 0.2) is 18.3 Å². The van der Waals surface area contributed by atoms with Crippen molar-refractivity contribution < 1.29 is 4.79 Å². The van der Waals surface area contributed by atoms with E-state index in [4.69, 9.17) is 0 Å². The van der Waals surface area contributed by atoms with Crippen LogP contribution in [0, 0.1) is 12.8 Å². The number of carbonyl (C=O) groups is 1. The van der Waals surface area contributed by atoms with Crippen molar-refractivity contribution in [1.82, 2.24) is 14.8 Å². The largest absolute Gasteiger partial charge is 0.353 e. The fourth-order valence-electron chi connectivity index (χ4n) is 3.46. The van der Waals surface area contributed by atoms with Crippen LogP contribution in [0.2, 0.25) is 0 Å². The van der Waals surface area contributed by atoms with E-state index in [9.17, 15) is 4.79 Å². The van der Waals surface area contributed by atoms with Crippen LogP contribution in [0.25, 0.3) is 0 Å². The molecule has 0 radical (unpaired) electrons. The van der Waals surface area contributed by atoms with Crippen LogP contribution in [0.3, 0.4) is 0 Å². The normalized spacial score (nSPS) is 21.2. The Labute approximate surface area is 132 Å². The van der Waals surface area contributed by atoms with Gasteiger partial charge < -0.3 is 14.7 Å². The molecule has 22 heavy (non-hydrogen) atoms. The van der Waals surface area contributed by atoms with Crippen LogP contribution >= 0.6 is 0 Å². The summed E-state index contributed by atoms with van der Waals surface area (Å²) in [5.41, 5.74) is 1.21. The van der Waals surface area contributed by atoms with Crippen LogP contribution in [-0.4, -0.2) is 67.0 Å². The van der Waals surface area contributed by atoms with Gasteiger partial charge >= 0.3 is 0 Å². The van der Waals surface area contributed by atoms with Crippen LogP contribution in [0.4, 0.5) is 5.82 Å². The highest BCUT2D eigenvalue weighted by atomic mass is 16.2. The number of piperazine rings is 1. The fraction of sp³-hybridized carbons (Fsp3) is 0.647. The smallest absolute Gasteiger partial charge is 0.225 e. The van der Waals surface area contributed by atoms with Crippen molar-refractivity contribution in [2.75, 3.05) is 51.2 Å². The number of carbonyl (C=O) groups excluding carboxylic acids is 1. The van der Waals surface area contributed by atoms with Gasteiger partial charge in [0, 0.05) is 38.3 Å². The van der Waals surface area contributed by atoms with E-state index < -0.39 is 0 Å². The minimum Gasteiger partial charge on any atom is -0.353 e. The number of aromatic nitrogens is 1. The molecule has 0 bridgehead atoms. The topological polar surface area (TPSA) is 39.7 Å². The van der Waals surface area contributed by atoms with Gasteiger partial charge in [-0.25, -0.2) is 4.98 Å². The van der Waals surface area contributed by atoms with Crippen molar-refractivity contribution in [3.05, 3.63) is 23.9 Å². The number of nitrogens with zero attached hydrogens (tertiary/aromatic N) is 4. The Hall–Kier alpha value is -1.62. The molecule has 120 valence electrons. The van der Waals surface area contributed by atoms with Gasteiger partial charge in [-0.1, -0.05) is 6.07 Å². The number of pyridine rings is 1. The summed E-state index contributed by atoms with van der Waals surface area (Å²) in [6, 6.07) is 4.07. The van der Waals surface area contributed by atoms with Gasteiger partial charge in [-0.05, 0) is 51.5 Å². The molecule has 2 saturated heterocycles. The summed E-state index contributed by atoms with van der Waals surface area (Å²) < 4.78 is 0. The van der Waals surface area contributed by atoms with E-state index in [2.05, 4.69) is 39.7 Å². The highest BCUT2D eigenvalue weighted by Crippen LogP contribution is 2.22. The van der Waals surface area contributed by atoms with E-state index in [1.54, 1.807) is 0 Å². The minimum atomic E-state index is 0.235. The molecule has 2 aliphatic heterocycles. The predicted molar refractivity (Wildman–Crippen MR) is 88.0 cm³/mol. The van der Waals surface area contributed by atoms with Crippen molar-refractivity contribution in [3.63, 3.8) is 0 Å². The van der Waals surface area contributed by atoms with Crippen molar-refractivity contribution in [2.24, 2.45) is 5.92 Å². The molecule has 0 saturated carbocycles. The maximum absolute atomic E-state index is 12.6. The van der Waals surface area contributed by atoms with Crippen LogP contribution in [0.5, 0.6) is 0 Å². The SMILES string of the molecule is Cc1cccnc1N1CCN(C(=O)C2CCN(C)CC2)CC1. The number of aryl methyl sites for hydroxylation is 1. The zero-order valence-corrected chi connectivity index (χ0v) is 13.7. The number of hydrogen-bond donors (Lipinski definition) is 0. The molecule has 1 aromatic rings. The Morgan fingerprint density at radius 1 is 1.14 bits per heavy atom. The molecular formula is C17H26N4O. The second-order valence-electron chi connectivity index (χ2n) is 6.53. The standard InChI is InChI=1S/C17H26N4O/c1-14-4-3-7-18-16(14)20-10-12-21(13-11-20)17(22)15-5-8-19(2)9-6-15/h3-4,7,15H,5-6,8-13H2,1-2H3. The van der Waals surface area contributed by atoms with E-state index in [1.165, 1.54) is 5.56 Å². The molecule has 0 N–H and O–H groups in total. The van der Waals surface area contributed by atoms with E-state index in [0.29, 0.717) is 5.91 Å². The van der Waals surface area contributed by atoms with Gasteiger partial charge in [0.2, 0.25) is 5.91 Å². The molecule has 2 fully saturated rings. The summed E-state index contributed by atoms with van der Waals surface area (Å²) >= 11 is 0. The number of hydrogen-bond acceptors (Lipinski definition) is 4. The number of likely N-dealkylation sites (tertiary alicyclic amines) is 1. The molecule has 5 heteroatoms. The molecule has 0 aliphatic carbocycles. The van der Waals surface area contributed by atoms with Gasteiger partial charge in [0.1, 0.15) is 5.82 Å². The Morgan fingerprint density at radius 3 is 2.45 bits per heavy atom. The maximum atomic E-state index is 12.6. The molecule has 0 spiro atoms. The Balaban J connectivity index is 1.55. The number of piperidine rings is 1. The summed E-state index contributed by atoms with van der Waals surface area (Å²) in [5.74, 6) is 1.67. The molecule has 3 heterocycles. The summed E-state index contributed by atoms with van der Waals surface area (Å²) in [6.45, 7) is 7.60. The summed E-state index contributed by atoms with van der Waals surface area (Å²) in [7, 11) is 2.13. The van der Waals surface area contributed by atoms with Crippen molar-refractivity contribution in [1.29, 1.82) is 0 Å². The first-order valence-electron chi connectivity index (χ1n) is 8.29. The van der Waals surface area contributed by atoms with Gasteiger partial charge in [-0.2, -0.15) is 0 Å². The van der Waals surface area contributed by atoms with E-state index >= 15 is 0 Å². The van der Waals surface area contributed by atoms with Crippen molar-refractivity contribution >= 4 is 11.7 Å². The number of amides is 1. The second-order valence-corrected chi connectivity index (χ2v) is 6.53. The van der Waals surface area contributed by atoms with Gasteiger partial charge in [-0.3, -0.25) is 4.79 Å². The van der Waals surface area contributed by atoms with Gasteiger partial charge in [0.25, 0.3) is 0 Å². The average Bonchev–Trinajstić information content (AvgIpc) is 2.56.